The van der Waals surface area contributed by atoms with Crippen molar-refractivity contribution in [2.45, 2.75) is 25.4 Å². The lowest BCUT2D eigenvalue weighted by Crippen LogP contribution is -2.15. The van der Waals surface area contributed by atoms with Crippen LogP contribution in [0.3, 0.4) is 0 Å². The molecule has 4 rings (SSSR count). The van der Waals surface area contributed by atoms with Gasteiger partial charge in [0.25, 0.3) is 0 Å². The molecule has 0 spiro atoms. The molecule has 0 unspecified atom stereocenters. The minimum atomic E-state index is -4.42. The van der Waals surface area contributed by atoms with E-state index in [0.717, 1.165) is 11.6 Å². The van der Waals surface area contributed by atoms with Crippen LogP contribution in [0, 0.1) is 12.8 Å². The standard InChI is InChI=1S/C21H17F3N2O2/c1-12-25-11-19(28-12)13-6-8-14(9-7-13)26-20(27)17-10-16(17)15-4-2-3-5-18(15)21(22,23)24/h2-9,11,16-17H,10H2,1H3,(H,26,27)/t16-,17-/m1/s1. The molecule has 1 amide bonds. The normalized spacial score (nSPS) is 18.7. The van der Waals surface area contributed by atoms with Crippen molar-refractivity contribution >= 4 is 11.6 Å². The van der Waals surface area contributed by atoms with Gasteiger partial charge in [-0.2, -0.15) is 13.2 Å². The number of oxazole rings is 1. The third-order valence-electron chi connectivity index (χ3n) is 4.85. The van der Waals surface area contributed by atoms with Crippen molar-refractivity contribution in [3.63, 3.8) is 0 Å². The van der Waals surface area contributed by atoms with Gasteiger partial charge in [-0.1, -0.05) is 18.2 Å². The third kappa shape index (κ3) is 3.65. The van der Waals surface area contributed by atoms with E-state index in [1.54, 1.807) is 43.5 Å². The average Bonchev–Trinajstić information content (AvgIpc) is 3.36. The van der Waals surface area contributed by atoms with E-state index in [0.29, 0.717) is 23.8 Å². The molecule has 1 fully saturated rings. The monoisotopic (exact) mass is 386 g/mol. The van der Waals surface area contributed by atoms with E-state index >= 15 is 0 Å². The number of hydrogen-bond acceptors (Lipinski definition) is 3. The first-order valence-electron chi connectivity index (χ1n) is 8.83. The topological polar surface area (TPSA) is 55.1 Å². The largest absolute Gasteiger partial charge is 0.441 e. The van der Waals surface area contributed by atoms with E-state index in [-0.39, 0.29) is 11.5 Å². The predicted octanol–water partition coefficient (Wildman–Crippen LogP) is 5.41. The van der Waals surface area contributed by atoms with Gasteiger partial charge in [-0.3, -0.25) is 4.79 Å². The molecule has 0 aliphatic heterocycles. The zero-order chi connectivity index (χ0) is 19.9. The highest BCUT2D eigenvalue weighted by Crippen LogP contribution is 2.51. The SMILES string of the molecule is Cc1ncc(-c2ccc(NC(=O)[C@@H]3C[C@@H]3c3ccccc3C(F)(F)F)cc2)o1. The molecule has 28 heavy (non-hydrogen) atoms. The van der Waals surface area contributed by atoms with Gasteiger partial charge in [-0.05, 0) is 48.2 Å². The maximum atomic E-state index is 13.2. The van der Waals surface area contributed by atoms with Gasteiger partial charge < -0.3 is 9.73 Å². The number of benzene rings is 2. The summed E-state index contributed by atoms with van der Waals surface area (Å²) < 4.78 is 45.0. The average molecular weight is 386 g/mol. The second kappa shape index (κ2) is 6.82. The lowest BCUT2D eigenvalue weighted by atomic mass is 10.0. The Morgan fingerprint density at radius 1 is 1.14 bits per heavy atom. The molecule has 144 valence electrons. The summed E-state index contributed by atoms with van der Waals surface area (Å²) >= 11 is 0. The van der Waals surface area contributed by atoms with E-state index in [1.165, 1.54) is 12.1 Å². The Balaban J connectivity index is 1.43. The number of rotatable bonds is 4. The molecule has 2 aromatic carbocycles. The first kappa shape index (κ1) is 18.3. The molecule has 0 radical (unpaired) electrons. The fraction of sp³-hybridized carbons (Fsp3) is 0.238. The van der Waals surface area contributed by atoms with E-state index < -0.39 is 23.6 Å². The van der Waals surface area contributed by atoms with Crippen LogP contribution in [-0.2, 0) is 11.0 Å². The summed E-state index contributed by atoms with van der Waals surface area (Å²) in [6.45, 7) is 1.75. The highest BCUT2D eigenvalue weighted by molar-refractivity contribution is 5.95. The van der Waals surface area contributed by atoms with Gasteiger partial charge in [0.1, 0.15) is 0 Å². The number of anilines is 1. The Morgan fingerprint density at radius 2 is 1.86 bits per heavy atom. The van der Waals surface area contributed by atoms with Crippen molar-refractivity contribution in [1.82, 2.24) is 4.98 Å². The van der Waals surface area contributed by atoms with E-state index in [9.17, 15) is 18.0 Å². The summed E-state index contributed by atoms with van der Waals surface area (Å²) in [6.07, 6.45) is -2.39. The number of aromatic nitrogens is 1. The van der Waals surface area contributed by atoms with Crippen LogP contribution in [0.5, 0.6) is 0 Å². The maximum absolute atomic E-state index is 13.2. The van der Waals surface area contributed by atoms with Crippen molar-refractivity contribution < 1.29 is 22.4 Å². The van der Waals surface area contributed by atoms with Gasteiger partial charge in [0.2, 0.25) is 5.91 Å². The van der Waals surface area contributed by atoms with Gasteiger partial charge in [0.15, 0.2) is 11.7 Å². The van der Waals surface area contributed by atoms with Crippen LogP contribution < -0.4 is 5.32 Å². The molecule has 3 aromatic rings. The number of halogens is 3. The Morgan fingerprint density at radius 3 is 2.50 bits per heavy atom. The van der Waals surface area contributed by atoms with Gasteiger partial charge in [-0.15, -0.1) is 0 Å². The summed E-state index contributed by atoms with van der Waals surface area (Å²) in [5.74, 6) is 0.0484. The highest BCUT2D eigenvalue weighted by atomic mass is 19.4. The zero-order valence-electron chi connectivity index (χ0n) is 15.0. The molecule has 1 aromatic heterocycles. The number of nitrogens with zero attached hydrogens (tertiary/aromatic N) is 1. The van der Waals surface area contributed by atoms with Gasteiger partial charge in [-0.25, -0.2) is 4.98 Å². The van der Waals surface area contributed by atoms with Crippen LogP contribution in [0.4, 0.5) is 18.9 Å². The van der Waals surface area contributed by atoms with Gasteiger partial charge >= 0.3 is 6.18 Å². The van der Waals surface area contributed by atoms with Gasteiger partial charge in [0, 0.05) is 24.1 Å². The summed E-state index contributed by atoms with van der Waals surface area (Å²) in [5.41, 5.74) is 0.926. The molecule has 4 nitrogen and oxygen atoms in total. The second-order valence-electron chi connectivity index (χ2n) is 6.84. The number of alkyl halides is 3. The second-order valence-corrected chi connectivity index (χ2v) is 6.84. The number of aryl methyl sites for hydroxylation is 1. The smallest absolute Gasteiger partial charge is 0.416 e. The molecule has 1 heterocycles. The van der Waals surface area contributed by atoms with E-state index in [2.05, 4.69) is 10.3 Å². The molecule has 0 saturated heterocycles. The summed E-state index contributed by atoms with van der Waals surface area (Å²) in [6, 6.07) is 12.5. The van der Waals surface area contributed by atoms with Crippen LogP contribution in [0.2, 0.25) is 0 Å². The van der Waals surface area contributed by atoms with Crippen LogP contribution in [0.15, 0.2) is 59.1 Å². The number of carbonyl (C=O) groups is 1. The quantitative estimate of drug-likeness (QED) is 0.652. The van der Waals surface area contributed by atoms with Crippen molar-refractivity contribution in [3.8, 4) is 11.3 Å². The number of hydrogen-bond donors (Lipinski definition) is 1. The van der Waals surface area contributed by atoms with Crippen LogP contribution in [0.25, 0.3) is 11.3 Å². The van der Waals surface area contributed by atoms with E-state index in [1.807, 2.05) is 0 Å². The third-order valence-corrected chi connectivity index (χ3v) is 4.85. The summed E-state index contributed by atoms with van der Waals surface area (Å²) in [4.78, 5) is 16.5. The van der Waals surface area contributed by atoms with Crippen molar-refractivity contribution in [1.29, 1.82) is 0 Å². The Labute approximate surface area is 159 Å². The minimum absolute atomic E-state index is 0.186. The van der Waals surface area contributed by atoms with Gasteiger partial charge in [0.05, 0.1) is 11.8 Å². The first-order valence-corrected chi connectivity index (χ1v) is 8.83. The number of carbonyl (C=O) groups excluding carboxylic acids is 1. The Kier molecular flexibility index (Phi) is 4.45. The summed E-state index contributed by atoms with van der Waals surface area (Å²) in [5, 5.41) is 2.78. The highest BCUT2D eigenvalue weighted by Gasteiger charge is 2.47. The van der Waals surface area contributed by atoms with Crippen LogP contribution in [0.1, 0.15) is 29.4 Å². The summed E-state index contributed by atoms with van der Waals surface area (Å²) in [7, 11) is 0. The molecule has 1 aliphatic rings. The number of nitrogens with one attached hydrogen (secondary N) is 1. The fourth-order valence-electron chi connectivity index (χ4n) is 3.35. The zero-order valence-corrected chi connectivity index (χ0v) is 15.0. The van der Waals surface area contributed by atoms with Crippen molar-refractivity contribution in [3.05, 3.63) is 71.7 Å². The molecule has 1 aliphatic carbocycles. The molecule has 1 saturated carbocycles. The van der Waals surface area contributed by atoms with Crippen LogP contribution >= 0.6 is 0 Å². The molecule has 2 atom stereocenters. The lowest BCUT2D eigenvalue weighted by molar-refractivity contribution is -0.138. The molecular weight excluding hydrogens is 369 g/mol. The fourth-order valence-corrected chi connectivity index (χ4v) is 3.35. The Hall–Kier alpha value is -3.09. The maximum Gasteiger partial charge on any atom is 0.416 e. The first-order chi connectivity index (χ1) is 13.3. The van der Waals surface area contributed by atoms with E-state index in [4.69, 9.17) is 4.42 Å². The lowest BCUT2D eigenvalue weighted by Gasteiger charge is -2.12. The van der Waals surface area contributed by atoms with Crippen LogP contribution in [-0.4, -0.2) is 10.9 Å². The number of amides is 1. The Bertz CT molecular complexity index is 1010. The molecular formula is C21H17F3N2O2. The minimum Gasteiger partial charge on any atom is -0.441 e. The van der Waals surface area contributed by atoms with Crippen molar-refractivity contribution in [2.75, 3.05) is 5.32 Å². The van der Waals surface area contributed by atoms with Crippen molar-refractivity contribution in [2.24, 2.45) is 5.92 Å². The molecule has 0 bridgehead atoms. The predicted molar refractivity (Wildman–Crippen MR) is 97.6 cm³/mol. The molecule has 7 heteroatoms. The molecule has 1 N–H and O–H groups in total.